The Hall–Kier alpha value is -2.32. The lowest BCUT2D eigenvalue weighted by atomic mass is 9.63. The molecule has 0 N–H and O–H groups in total. The summed E-state index contributed by atoms with van der Waals surface area (Å²) in [6.07, 6.45) is 0. The summed E-state index contributed by atoms with van der Waals surface area (Å²) in [4.78, 5) is 0. The van der Waals surface area contributed by atoms with Crippen LogP contribution in [0.1, 0.15) is 0 Å². The van der Waals surface area contributed by atoms with Crippen molar-refractivity contribution < 1.29 is 35.8 Å². The highest BCUT2D eigenvalue weighted by Crippen LogP contribution is 2.24. The van der Waals surface area contributed by atoms with Crippen LogP contribution in [0.15, 0.2) is 12.1 Å². The molecule has 2 nitrogen and oxygen atoms in total. The lowest BCUT2D eigenvalue weighted by Gasteiger charge is -2.12. The first-order chi connectivity index (χ1) is 10.8. The number of hydrogen-bond acceptors (Lipinski definition) is 2. The van der Waals surface area contributed by atoms with Crippen LogP contribution in [0.25, 0.3) is 0 Å². The van der Waals surface area contributed by atoms with Gasteiger partial charge in [0.25, 0.3) is 0 Å². The molecular formula is C14H9BF6O2. The first kappa shape index (κ1) is 17.0. The van der Waals surface area contributed by atoms with Crippen molar-refractivity contribution in [2.75, 3.05) is 14.2 Å². The lowest BCUT2D eigenvalue weighted by Crippen LogP contribution is -2.36. The van der Waals surface area contributed by atoms with Crippen molar-refractivity contribution in [2.24, 2.45) is 0 Å². The molecule has 0 aromatic heterocycles. The summed E-state index contributed by atoms with van der Waals surface area (Å²) in [5.74, 6) is -10.7. The number of hydrogen-bond donors (Lipinski definition) is 0. The smallest absolute Gasteiger partial charge is 0.206 e. The van der Waals surface area contributed by atoms with E-state index in [2.05, 4.69) is 9.47 Å². The van der Waals surface area contributed by atoms with Crippen LogP contribution in [-0.4, -0.2) is 21.5 Å². The van der Waals surface area contributed by atoms with Gasteiger partial charge in [-0.2, -0.15) is 4.39 Å². The molecule has 0 unspecified atom stereocenters. The Morgan fingerprint density at radius 3 is 1.96 bits per heavy atom. The summed E-state index contributed by atoms with van der Waals surface area (Å²) in [5, 5.41) is 0. The highest BCUT2D eigenvalue weighted by atomic mass is 19.2. The van der Waals surface area contributed by atoms with E-state index in [0.29, 0.717) is 6.07 Å². The van der Waals surface area contributed by atoms with E-state index in [4.69, 9.17) is 0 Å². The molecule has 0 aliphatic carbocycles. The minimum Gasteiger partial charge on any atom is -0.494 e. The molecule has 0 aliphatic rings. The van der Waals surface area contributed by atoms with E-state index >= 15 is 0 Å². The van der Waals surface area contributed by atoms with Crippen LogP contribution in [0.4, 0.5) is 26.3 Å². The van der Waals surface area contributed by atoms with Crippen LogP contribution in [-0.2, 0) is 0 Å². The molecule has 0 atom stereocenters. The van der Waals surface area contributed by atoms with Crippen molar-refractivity contribution in [2.45, 2.75) is 0 Å². The maximum atomic E-state index is 14.1. The van der Waals surface area contributed by atoms with E-state index in [9.17, 15) is 26.3 Å². The highest BCUT2D eigenvalue weighted by Gasteiger charge is 2.27. The van der Waals surface area contributed by atoms with Crippen LogP contribution in [0, 0.1) is 34.9 Å². The quantitative estimate of drug-likeness (QED) is 0.368. The van der Waals surface area contributed by atoms with Gasteiger partial charge in [0.15, 0.2) is 34.8 Å². The van der Waals surface area contributed by atoms with Crippen LogP contribution in [0.2, 0.25) is 0 Å². The molecule has 0 amide bonds. The zero-order chi connectivity index (χ0) is 17.3. The molecular weight excluding hydrogens is 325 g/mol. The Morgan fingerprint density at radius 1 is 0.739 bits per heavy atom. The second-order valence-corrected chi connectivity index (χ2v) is 4.52. The zero-order valence-electron chi connectivity index (χ0n) is 11.9. The first-order valence-corrected chi connectivity index (χ1v) is 6.22. The molecule has 0 aliphatic heterocycles. The SMILES string of the molecule is COc1cc(Bc2c(F)c(F)c(F)c(OC)c2F)c(F)cc1F. The second-order valence-electron chi connectivity index (χ2n) is 4.52. The van der Waals surface area contributed by atoms with Gasteiger partial charge < -0.3 is 9.47 Å². The summed E-state index contributed by atoms with van der Waals surface area (Å²) in [5.41, 5.74) is -1.32. The summed E-state index contributed by atoms with van der Waals surface area (Å²) in [7, 11) is 1.18. The molecule has 2 aromatic rings. The fraction of sp³-hybridized carbons (Fsp3) is 0.143. The molecule has 23 heavy (non-hydrogen) atoms. The van der Waals surface area contributed by atoms with Crippen molar-refractivity contribution in [3.63, 3.8) is 0 Å². The monoisotopic (exact) mass is 334 g/mol. The molecule has 2 rings (SSSR count). The summed E-state index contributed by atoms with van der Waals surface area (Å²) >= 11 is 0. The molecule has 0 saturated carbocycles. The normalized spacial score (nSPS) is 10.6. The van der Waals surface area contributed by atoms with E-state index in [1.807, 2.05) is 0 Å². The molecule has 9 heteroatoms. The fourth-order valence-electron chi connectivity index (χ4n) is 2.05. The highest BCUT2D eigenvalue weighted by molar-refractivity contribution is 6.67. The van der Waals surface area contributed by atoms with E-state index in [1.165, 1.54) is 0 Å². The molecule has 0 radical (unpaired) electrons. The summed E-state index contributed by atoms with van der Waals surface area (Å²) in [6, 6.07) is 1.33. The van der Waals surface area contributed by atoms with Gasteiger partial charge in [-0.25, -0.2) is 22.0 Å². The molecule has 122 valence electrons. The van der Waals surface area contributed by atoms with Gasteiger partial charge in [-0.15, -0.1) is 0 Å². The van der Waals surface area contributed by atoms with Gasteiger partial charge in [-0.05, 0) is 17.0 Å². The Bertz CT molecular complexity index is 766. The van der Waals surface area contributed by atoms with Crippen LogP contribution in [0.5, 0.6) is 11.5 Å². The standard InChI is InChI=1S/C14H9BF6O2/c1-22-8-3-5(6(16)4-7(8)17)15-9-10(18)12(20)13(21)14(23-2)11(9)19/h3-4,15H,1-2H3. The largest absolute Gasteiger partial charge is 0.494 e. The third kappa shape index (κ3) is 2.95. The van der Waals surface area contributed by atoms with Gasteiger partial charge in [-0.1, -0.05) is 0 Å². The molecule has 0 saturated heterocycles. The Kier molecular flexibility index (Phi) is 4.77. The number of halogens is 6. The minimum absolute atomic E-state index is 0.364. The maximum absolute atomic E-state index is 14.1. The van der Waals surface area contributed by atoms with Gasteiger partial charge in [0.05, 0.1) is 14.2 Å². The number of methoxy groups -OCH3 is 2. The number of ether oxygens (including phenoxy) is 2. The van der Waals surface area contributed by atoms with Crippen molar-refractivity contribution in [3.05, 3.63) is 47.0 Å². The van der Waals surface area contributed by atoms with Crippen molar-refractivity contribution in [1.82, 2.24) is 0 Å². The summed E-state index contributed by atoms with van der Waals surface area (Å²) in [6.45, 7) is 0. The lowest BCUT2D eigenvalue weighted by molar-refractivity contribution is 0.338. The predicted molar refractivity (Wildman–Crippen MR) is 72.2 cm³/mol. The van der Waals surface area contributed by atoms with E-state index in [1.54, 1.807) is 0 Å². The Labute approximate surface area is 127 Å². The van der Waals surface area contributed by atoms with Crippen molar-refractivity contribution >= 4 is 18.2 Å². The predicted octanol–water partition coefficient (Wildman–Crippen LogP) is 1.93. The number of benzene rings is 2. The molecule has 0 spiro atoms. The molecule has 0 heterocycles. The van der Waals surface area contributed by atoms with Gasteiger partial charge in [0.2, 0.25) is 13.1 Å². The maximum Gasteiger partial charge on any atom is 0.206 e. The second kappa shape index (κ2) is 6.43. The van der Waals surface area contributed by atoms with Crippen LogP contribution >= 0.6 is 0 Å². The molecule has 0 fully saturated rings. The van der Waals surface area contributed by atoms with Crippen LogP contribution in [0.3, 0.4) is 0 Å². The van der Waals surface area contributed by atoms with Gasteiger partial charge in [0, 0.05) is 6.07 Å². The van der Waals surface area contributed by atoms with Crippen molar-refractivity contribution in [1.29, 1.82) is 0 Å². The average molecular weight is 334 g/mol. The number of rotatable bonds is 4. The summed E-state index contributed by atoms with van der Waals surface area (Å²) < 4.78 is 90.7. The third-order valence-corrected chi connectivity index (χ3v) is 3.21. The van der Waals surface area contributed by atoms with Crippen LogP contribution < -0.4 is 20.4 Å². The topological polar surface area (TPSA) is 18.5 Å². The zero-order valence-corrected chi connectivity index (χ0v) is 11.9. The van der Waals surface area contributed by atoms with E-state index in [-0.39, 0.29) is 11.2 Å². The fourth-order valence-corrected chi connectivity index (χ4v) is 2.05. The average Bonchev–Trinajstić information content (AvgIpc) is 2.52. The third-order valence-electron chi connectivity index (χ3n) is 3.21. The first-order valence-electron chi connectivity index (χ1n) is 6.22. The van der Waals surface area contributed by atoms with E-state index in [0.717, 1.165) is 20.3 Å². The Balaban J connectivity index is 2.59. The molecule has 2 aromatic carbocycles. The molecule has 0 bridgehead atoms. The van der Waals surface area contributed by atoms with E-state index < -0.39 is 53.4 Å². The van der Waals surface area contributed by atoms with Gasteiger partial charge in [-0.3, -0.25) is 0 Å². The van der Waals surface area contributed by atoms with Gasteiger partial charge in [0.1, 0.15) is 5.82 Å². The minimum atomic E-state index is -1.95. The Morgan fingerprint density at radius 2 is 1.39 bits per heavy atom. The van der Waals surface area contributed by atoms with Gasteiger partial charge >= 0.3 is 0 Å². The van der Waals surface area contributed by atoms with Crippen molar-refractivity contribution in [3.8, 4) is 11.5 Å².